The molecule has 0 spiro atoms. The van der Waals surface area contributed by atoms with Gasteiger partial charge in [0.1, 0.15) is 0 Å². The molecular weight excluding hydrogens is 240 g/mol. The van der Waals surface area contributed by atoms with Crippen molar-refractivity contribution in [3.63, 3.8) is 0 Å². The summed E-state index contributed by atoms with van der Waals surface area (Å²) in [6.45, 7) is 8.06. The minimum absolute atomic E-state index is 0.0876. The Labute approximate surface area is 103 Å². The molecule has 2 aliphatic heterocycles. The van der Waals surface area contributed by atoms with Crippen LogP contribution in [0.5, 0.6) is 0 Å². The second kappa shape index (κ2) is 5.12. The monoisotopic (exact) mass is 260 g/mol. The molecule has 1 atom stereocenters. The van der Waals surface area contributed by atoms with Crippen molar-refractivity contribution in [3.05, 3.63) is 11.8 Å². The molecule has 2 heterocycles. The molecule has 1 saturated heterocycles. The van der Waals surface area contributed by atoms with E-state index in [0.29, 0.717) is 13.2 Å². The van der Waals surface area contributed by atoms with Crippen LogP contribution < -0.4 is 0 Å². The molecule has 5 heteroatoms. The van der Waals surface area contributed by atoms with E-state index in [1.165, 1.54) is 0 Å². The molecule has 0 radical (unpaired) electrons. The van der Waals surface area contributed by atoms with Crippen molar-refractivity contribution in [2.45, 2.75) is 25.9 Å². The number of thioether (sulfide) groups is 1. The molecule has 2 rings (SSSR count). The van der Waals surface area contributed by atoms with Crippen LogP contribution in [0.4, 0.5) is 0 Å². The van der Waals surface area contributed by atoms with Crippen molar-refractivity contribution < 1.29 is 13.9 Å². The van der Waals surface area contributed by atoms with Crippen LogP contribution in [0.1, 0.15) is 0 Å². The molecule has 0 amide bonds. The van der Waals surface area contributed by atoms with Crippen molar-refractivity contribution in [1.82, 2.24) is 0 Å². The van der Waals surface area contributed by atoms with Gasteiger partial charge in [-0.3, -0.25) is 0 Å². The van der Waals surface area contributed by atoms with Gasteiger partial charge >= 0.3 is 0 Å². The normalized spacial score (nSPS) is 27.9. The van der Waals surface area contributed by atoms with E-state index < -0.39 is 8.32 Å². The van der Waals surface area contributed by atoms with Crippen LogP contribution in [0, 0.1) is 5.92 Å². The third kappa shape index (κ3) is 3.26. The number of ether oxygens (including phenoxy) is 2. The Kier molecular flexibility index (Phi) is 4.00. The van der Waals surface area contributed by atoms with Crippen LogP contribution in [-0.4, -0.2) is 39.3 Å². The number of rotatable bonds is 3. The molecule has 0 N–H and O–H groups in total. The summed E-state index contributed by atoms with van der Waals surface area (Å²) in [6.07, 6.45) is 2.11. The highest BCUT2D eigenvalue weighted by molar-refractivity contribution is 7.99. The highest BCUT2D eigenvalue weighted by atomic mass is 32.2. The van der Waals surface area contributed by atoms with Gasteiger partial charge in [0.2, 0.25) is 8.32 Å². The Morgan fingerprint density at radius 2 is 2.00 bits per heavy atom. The van der Waals surface area contributed by atoms with Gasteiger partial charge in [0.05, 0.1) is 24.9 Å². The first-order valence-electron chi connectivity index (χ1n) is 5.76. The standard InChI is InChI=1S/C11H20O3SSi/c1-16(2,3)14-10-4-7-15-8-9(10)11-12-5-6-13-11/h4,9,11H,5-8H2,1-3H3/t9-/m1/s1. The van der Waals surface area contributed by atoms with Gasteiger partial charge in [-0.05, 0) is 25.7 Å². The molecule has 0 saturated carbocycles. The summed E-state index contributed by atoms with van der Waals surface area (Å²) in [5, 5.41) is 0. The molecule has 0 aromatic carbocycles. The summed E-state index contributed by atoms with van der Waals surface area (Å²) in [6, 6.07) is 0. The largest absolute Gasteiger partial charge is 0.547 e. The van der Waals surface area contributed by atoms with Gasteiger partial charge in [0, 0.05) is 11.5 Å². The predicted octanol–water partition coefficient (Wildman–Crippen LogP) is 2.46. The molecular formula is C11H20O3SSi. The van der Waals surface area contributed by atoms with E-state index in [0.717, 1.165) is 17.3 Å². The minimum atomic E-state index is -1.53. The summed E-state index contributed by atoms with van der Waals surface area (Å²) in [5.74, 6) is 3.47. The first-order valence-corrected chi connectivity index (χ1v) is 10.3. The molecule has 2 aliphatic rings. The highest BCUT2D eigenvalue weighted by Crippen LogP contribution is 2.32. The summed E-state index contributed by atoms with van der Waals surface area (Å²) < 4.78 is 17.3. The Hall–Kier alpha value is 0.0269. The van der Waals surface area contributed by atoms with Gasteiger partial charge in [-0.1, -0.05) is 0 Å². The SMILES string of the molecule is C[Si](C)(C)OC1=CCSC[C@H]1C1OCCO1. The molecule has 0 aromatic heterocycles. The summed E-state index contributed by atoms with van der Waals surface area (Å²) in [7, 11) is -1.53. The second-order valence-electron chi connectivity index (χ2n) is 5.07. The number of hydrogen-bond acceptors (Lipinski definition) is 4. The summed E-state index contributed by atoms with van der Waals surface area (Å²) in [5.41, 5.74) is 0. The van der Waals surface area contributed by atoms with E-state index >= 15 is 0 Å². The zero-order valence-corrected chi connectivity index (χ0v) is 12.0. The fourth-order valence-corrected chi connectivity index (χ4v) is 3.80. The Morgan fingerprint density at radius 3 is 2.62 bits per heavy atom. The summed E-state index contributed by atoms with van der Waals surface area (Å²) >= 11 is 1.92. The Morgan fingerprint density at radius 1 is 1.31 bits per heavy atom. The minimum Gasteiger partial charge on any atom is -0.547 e. The van der Waals surface area contributed by atoms with Crippen LogP contribution in [0.2, 0.25) is 19.6 Å². The van der Waals surface area contributed by atoms with Crippen LogP contribution in [0.25, 0.3) is 0 Å². The predicted molar refractivity (Wildman–Crippen MR) is 69.0 cm³/mol. The lowest BCUT2D eigenvalue weighted by atomic mass is 10.1. The molecule has 0 bridgehead atoms. The highest BCUT2D eigenvalue weighted by Gasteiger charge is 2.34. The van der Waals surface area contributed by atoms with Crippen LogP contribution in [0.3, 0.4) is 0 Å². The topological polar surface area (TPSA) is 27.7 Å². The summed E-state index contributed by atoms with van der Waals surface area (Å²) in [4.78, 5) is 0. The van der Waals surface area contributed by atoms with Gasteiger partial charge in [0.15, 0.2) is 6.29 Å². The second-order valence-corrected chi connectivity index (χ2v) is 10.6. The maximum Gasteiger partial charge on any atom is 0.241 e. The zero-order chi connectivity index (χ0) is 11.6. The van der Waals surface area contributed by atoms with Crippen LogP contribution in [-0.2, 0) is 13.9 Å². The van der Waals surface area contributed by atoms with Crippen molar-refractivity contribution in [2.75, 3.05) is 24.7 Å². The Bertz CT molecular complexity index is 269. The van der Waals surface area contributed by atoms with Gasteiger partial charge in [-0.15, -0.1) is 0 Å². The smallest absolute Gasteiger partial charge is 0.241 e. The quantitative estimate of drug-likeness (QED) is 0.729. The number of hydrogen-bond donors (Lipinski definition) is 0. The van der Waals surface area contributed by atoms with Crippen molar-refractivity contribution in [1.29, 1.82) is 0 Å². The molecule has 16 heavy (non-hydrogen) atoms. The van der Waals surface area contributed by atoms with Gasteiger partial charge < -0.3 is 13.9 Å². The van der Waals surface area contributed by atoms with Gasteiger partial charge in [-0.25, -0.2) is 0 Å². The van der Waals surface area contributed by atoms with E-state index in [-0.39, 0.29) is 12.2 Å². The van der Waals surface area contributed by atoms with Crippen molar-refractivity contribution >= 4 is 20.1 Å². The lowest BCUT2D eigenvalue weighted by Crippen LogP contribution is -2.34. The van der Waals surface area contributed by atoms with Gasteiger partial charge in [0.25, 0.3) is 0 Å². The maximum absolute atomic E-state index is 6.13. The molecule has 0 aromatic rings. The van der Waals surface area contributed by atoms with Crippen molar-refractivity contribution in [2.24, 2.45) is 5.92 Å². The molecule has 0 unspecified atom stereocenters. The lowest BCUT2D eigenvalue weighted by Gasteiger charge is -2.32. The van der Waals surface area contributed by atoms with Crippen LogP contribution >= 0.6 is 11.8 Å². The average Bonchev–Trinajstić information content (AvgIpc) is 2.69. The fourth-order valence-electron chi connectivity index (χ4n) is 1.86. The first-order chi connectivity index (χ1) is 7.56. The van der Waals surface area contributed by atoms with E-state index in [1.54, 1.807) is 0 Å². The third-order valence-corrected chi connectivity index (χ3v) is 4.31. The third-order valence-electron chi connectivity index (χ3n) is 2.47. The van der Waals surface area contributed by atoms with Crippen molar-refractivity contribution in [3.8, 4) is 0 Å². The lowest BCUT2D eigenvalue weighted by molar-refractivity contribution is -0.0747. The molecule has 92 valence electrons. The maximum atomic E-state index is 6.13. The molecule has 1 fully saturated rings. The first kappa shape index (κ1) is 12.5. The zero-order valence-electron chi connectivity index (χ0n) is 10.2. The van der Waals surface area contributed by atoms with Crippen LogP contribution in [0.15, 0.2) is 11.8 Å². The molecule has 3 nitrogen and oxygen atoms in total. The fraction of sp³-hybridized carbons (Fsp3) is 0.818. The Balaban J connectivity index is 2.04. The van der Waals surface area contributed by atoms with E-state index in [2.05, 4.69) is 25.7 Å². The average molecular weight is 260 g/mol. The van der Waals surface area contributed by atoms with E-state index in [1.807, 2.05) is 11.8 Å². The van der Waals surface area contributed by atoms with E-state index in [9.17, 15) is 0 Å². The van der Waals surface area contributed by atoms with E-state index in [4.69, 9.17) is 13.9 Å². The van der Waals surface area contributed by atoms with Gasteiger partial charge in [-0.2, -0.15) is 11.8 Å². The molecule has 0 aliphatic carbocycles.